The van der Waals surface area contributed by atoms with Crippen LogP contribution in [0.4, 0.5) is 28.7 Å². The summed E-state index contributed by atoms with van der Waals surface area (Å²) in [7, 11) is 11.4. The van der Waals surface area contributed by atoms with Crippen LogP contribution in [0.3, 0.4) is 0 Å². The van der Waals surface area contributed by atoms with E-state index in [1.165, 1.54) is 77.9 Å². The third kappa shape index (κ3) is 27.0. The predicted octanol–water partition coefficient (Wildman–Crippen LogP) is 8.78. The fourth-order valence-corrected chi connectivity index (χ4v) is 10.4. The Labute approximate surface area is 613 Å². The Morgan fingerprint density at radius 1 is 0.583 bits per heavy atom. The van der Waals surface area contributed by atoms with Gasteiger partial charge in [0.05, 0.1) is 40.2 Å². The number of benzene rings is 6. The number of nitrogens with two attached hydrogens (primary N) is 1. The lowest BCUT2D eigenvalue weighted by molar-refractivity contribution is -0.385. The molecule has 552 valence electrons. The molecule has 4 atom stereocenters. The third-order valence-electron chi connectivity index (χ3n) is 15.0. The van der Waals surface area contributed by atoms with Crippen molar-refractivity contribution < 1.29 is 54.0 Å². The molecule has 0 saturated carbocycles. The van der Waals surface area contributed by atoms with Gasteiger partial charge in [-0.3, -0.25) is 20.2 Å². The molecule has 3 aliphatic rings. The quantitative estimate of drug-likeness (QED) is 0.0108. The van der Waals surface area contributed by atoms with Crippen molar-refractivity contribution in [1.29, 1.82) is 0 Å². The molecule has 0 bridgehead atoms. The standard InChI is InChI=1S/C24H27N7O2.C13H10ClN5.C11H16N2O4.C11H18N2O2.C9H9NO4.C2H6O.2ClH/c1-30(2)14-20(32)15-33-21-10-7-18(8-11-21)26-24-25-13-22-23(27-24)31(29-28-22)19-9-6-16-4-3-5-17(16)12-19;14-13-15-7-11-12(16-13)19(18-17-11)10-5-4-8-2-1-3-9(8)6-10;1-12(2)7-10(14)8-17-11-5-3-9(4-6-11)13(15)16;1-13(2)7-10(14)8-15-11-5-3-9(12)4-6-11;11-10(12)7-1-3-8(4-2-7)13-5-9-6-14-9;1-2-3;;/h6-13,20,32H,3-5,14-15H2,1-2H3,(H,25,26,27);4-7H,1-3H2;3-6,10,14H,7-8H2,1-2H3;3-6,10,14H,7-8,12H2,1-2H3;1-4,9H,5-6H2;3H,2H2,1H3;2*1H. The van der Waals surface area contributed by atoms with Gasteiger partial charge in [0.1, 0.15) is 73.8 Å². The summed E-state index contributed by atoms with van der Waals surface area (Å²) in [6.45, 7) is 5.53. The van der Waals surface area contributed by atoms with Crippen molar-refractivity contribution in [3.05, 3.63) is 194 Å². The van der Waals surface area contributed by atoms with Crippen molar-refractivity contribution in [2.45, 2.75) is 69.9 Å². The molecule has 1 aliphatic heterocycles. The third-order valence-corrected chi connectivity index (χ3v) is 15.2. The fraction of sp³-hybridized carbons (Fsp3) is 0.371. The number of aliphatic hydroxyl groups excluding tert-OH is 4. The van der Waals surface area contributed by atoms with Crippen molar-refractivity contribution >= 4 is 87.4 Å². The van der Waals surface area contributed by atoms with Gasteiger partial charge in [0, 0.05) is 61.9 Å². The van der Waals surface area contributed by atoms with Crippen LogP contribution in [0.15, 0.2) is 146 Å². The predicted molar refractivity (Wildman–Crippen MR) is 397 cm³/mol. The zero-order chi connectivity index (χ0) is 72.4. The van der Waals surface area contributed by atoms with Crippen molar-refractivity contribution in [1.82, 2.24) is 64.6 Å². The number of nitrogens with one attached hydrogen (secondary N) is 1. The molecule has 4 unspecified atom stereocenters. The molecule has 13 rings (SSSR count). The maximum atomic E-state index is 10.4. The molecule has 0 radical (unpaired) electrons. The lowest BCUT2D eigenvalue weighted by Crippen LogP contribution is -2.30. The molecule has 10 aromatic rings. The van der Waals surface area contributed by atoms with Crippen molar-refractivity contribution in [2.24, 2.45) is 0 Å². The summed E-state index contributed by atoms with van der Waals surface area (Å²) >= 11 is 5.84. The molecule has 0 spiro atoms. The highest BCUT2D eigenvalue weighted by molar-refractivity contribution is 6.28. The minimum Gasteiger partial charge on any atom is -0.491 e. The van der Waals surface area contributed by atoms with Gasteiger partial charge in [-0.1, -0.05) is 22.6 Å². The number of nitrogen functional groups attached to an aromatic ring is 1. The van der Waals surface area contributed by atoms with Crippen LogP contribution in [0.25, 0.3) is 33.7 Å². The Kier molecular flexibility index (Phi) is 33.2. The number of aliphatic hydroxyl groups is 4. The van der Waals surface area contributed by atoms with Gasteiger partial charge in [-0.2, -0.15) is 19.3 Å². The van der Waals surface area contributed by atoms with E-state index in [4.69, 9.17) is 46.1 Å². The van der Waals surface area contributed by atoms with Crippen molar-refractivity contribution in [3.63, 3.8) is 0 Å². The molecule has 7 N–H and O–H groups in total. The molecule has 1 saturated heterocycles. The number of fused-ring (bicyclic) bond motifs is 4. The van der Waals surface area contributed by atoms with Gasteiger partial charge in [-0.05, 0) is 219 Å². The number of likely N-dealkylation sites (N-methyl/N-ethyl adjacent to an activating group) is 3. The van der Waals surface area contributed by atoms with E-state index in [0.717, 1.165) is 48.7 Å². The van der Waals surface area contributed by atoms with Crippen LogP contribution in [0, 0.1) is 20.2 Å². The van der Waals surface area contributed by atoms with Crippen LogP contribution >= 0.6 is 36.4 Å². The lowest BCUT2D eigenvalue weighted by Gasteiger charge is -2.16. The van der Waals surface area contributed by atoms with E-state index in [1.807, 2.05) is 87.3 Å². The number of epoxide rings is 1. The number of aryl methyl sites for hydroxylation is 4. The topological polar surface area (TPSA) is 377 Å². The van der Waals surface area contributed by atoms with Crippen molar-refractivity contribution in [2.75, 3.05) is 113 Å². The van der Waals surface area contributed by atoms with Crippen LogP contribution in [0.1, 0.15) is 42.0 Å². The maximum absolute atomic E-state index is 10.4. The largest absolute Gasteiger partial charge is 0.491 e. The van der Waals surface area contributed by atoms with Crippen LogP contribution in [0.5, 0.6) is 23.0 Å². The summed E-state index contributed by atoms with van der Waals surface area (Å²) in [6, 6.07) is 39.2. The van der Waals surface area contributed by atoms with E-state index in [0.29, 0.717) is 84.1 Å². The highest BCUT2D eigenvalue weighted by Gasteiger charge is 2.23. The first-order valence-electron chi connectivity index (χ1n) is 32.6. The Morgan fingerprint density at radius 2 is 0.961 bits per heavy atom. The number of anilines is 3. The number of ether oxygens (including phenoxy) is 5. The summed E-state index contributed by atoms with van der Waals surface area (Å²) in [5, 5.41) is 77.5. The Morgan fingerprint density at radius 3 is 1.37 bits per heavy atom. The maximum Gasteiger partial charge on any atom is 0.269 e. The molecule has 6 aromatic carbocycles. The Balaban J connectivity index is 0.000000208. The van der Waals surface area contributed by atoms with Crippen LogP contribution in [-0.2, 0) is 30.4 Å². The average Bonchev–Trinajstić information content (AvgIpc) is 1.65. The molecule has 2 aliphatic carbocycles. The SMILES string of the molecule is CCO.CN(C)CC(O)COc1ccc(N)cc1.CN(C)CC(O)COc1ccc(Nc2ncc3nnn(-c4ccc5c(c4)CCC5)c3n2)cc1.CN(C)CC(O)COc1ccc([N+](=O)[O-])cc1.Cl.Cl.Clc1ncc2nnn(-c3ccc4c(c3)CCC4)c2n1.O=[N+]([O-])c1ccc(OCC2CO2)cc1. The number of hydrogen-bond donors (Lipinski definition) is 6. The molecule has 103 heavy (non-hydrogen) atoms. The molecule has 1 fully saturated rings. The summed E-state index contributed by atoms with van der Waals surface area (Å²) in [6.07, 6.45) is 8.83. The number of non-ortho nitro benzene ring substituents is 2. The summed E-state index contributed by atoms with van der Waals surface area (Å²) < 4.78 is 30.1. The van der Waals surface area contributed by atoms with Gasteiger partial charge in [-0.25, -0.2) is 9.97 Å². The fourth-order valence-electron chi connectivity index (χ4n) is 10.2. The van der Waals surface area contributed by atoms with E-state index >= 15 is 0 Å². The second-order valence-corrected chi connectivity index (χ2v) is 24.7. The minimum absolute atomic E-state index is 0. The summed E-state index contributed by atoms with van der Waals surface area (Å²) in [4.78, 5) is 42.7. The Bertz CT molecular complexity index is 4220. The van der Waals surface area contributed by atoms with E-state index in [2.05, 4.69) is 76.2 Å². The van der Waals surface area contributed by atoms with Gasteiger partial charge in [0.15, 0.2) is 22.3 Å². The molecular formula is C70H88Cl3N17O13. The van der Waals surface area contributed by atoms with Gasteiger partial charge in [-0.15, -0.1) is 35.0 Å². The number of nitro groups is 2. The number of nitrogens with zero attached hydrogens (tertiary/aromatic N) is 15. The van der Waals surface area contributed by atoms with E-state index in [-0.39, 0.29) is 67.4 Å². The van der Waals surface area contributed by atoms with Crippen molar-refractivity contribution in [3.8, 4) is 34.4 Å². The average molecular weight is 1480 g/mol. The second kappa shape index (κ2) is 41.5. The first-order chi connectivity index (χ1) is 48.6. The summed E-state index contributed by atoms with van der Waals surface area (Å²) in [5.74, 6) is 3.01. The zero-order valence-corrected chi connectivity index (χ0v) is 60.6. The molecule has 30 nitrogen and oxygen atoms in total. The smallest absolute Gasteiger partial charge is 0.269 e. The molecular weight excluding hydrogens is 1390 g/mol. The van der Waals surface area contributed by atoms with Gasteiger partial charge < -0.3 is 69.9 Å². The normalized spacial score (nSPS) is 13.7. The lowest BCUT2D eigenvalue weighted by atomic mass is 10.1. The summed E-state index contributed by atoms with van der Waals surface area (Å²) in [5.41, 5.74) is 17.3. The number of nitro benzene ring substituents is 2. The molecule has 5 heterocycles. The minimum atomic E-state index is -0.583. The van der Waals surface area contributed by atoms with E-state index in [9.17, 15) is 35.5 Å². The second-order valence-electron chi connectivity index (χ2n) is 24.4. The van der Waals surface area contributed by atoms with Crippen LogP contribution in [0.2, 0.25) is 5.28 Å². The number of rotatable bonds is 24. The number of aromatic nitrogens is 10. The van der Waals surface area contributed by atoms with E-state index in [1.54, 1.807) is 65.1 Å². The van der Waals surface area contributed by atoms with E-state index < -0.39 is 28.2 Å². The van der Waals surface area contributed by atoms with Gasteiger partial charge in [0.25, 0.3) is 11.4 Å². The molecule has 0 amide bonds. The van der Waals surface area contributed by atoms with Crippen LogP contribution in [-0.4, -0.2) is 221 Å². The Hall–Kier alpha value is -9.57. The highest BCUT2D eigenvalue weighted by Crippen LogP contribution is 2.29. The first kappa shape index (κ1) is 82.4. The van der Waals surface area contributed by atoms with Gasteiger partial charge in [0.2, 0.25) is 11.2 Å². The zero-order valence-electron chi connectivity index (χ0n) is 58.2. The van der Waals surface area contributed by atoms with Crippen LogP contribution < -0.4 is 30.0 Å². The first-order valence-corrected chi connectivity index (χ1v) is 33.0. The highest BCUT2D eigenvalue weighted by atomic mass is 35.5. The molecule has 33 heteroatoms. The monoisotopic (exact) mass is 1480 g/mol. The van der Waals surface area contributed by atoms with Gasteiger partial charge >= 0.3 is 0 Å². The number of halogens is 3. The number of hydrogen-bond acceptors (Lipinski definition) is 26. The molecule has 4 aromatic heterocycles.